The lowest BCUT2D eigenvalue weighted by molar-refractivity contribution is 0.160. The van der Waals surface area contributed by atoms with Gasteiger partial charge in [0.2, 0.25) is 0 Å². The average molecular weight is 337 g/mol. The molecule has 0 aliphatic heterocycles. The number of rotatable bonds is 14. The van der Waals surface area contributed by atoms with Crippen LogP contribution in [-0.4, -0.2) is 25.4 Å². The van der Waals surface area contributed by atoms with Crippen LogP contribution in [0.15, 0.2) is 18.2 Å². The van der Waals surface area contributed by atoms with Crippen molar-refractivity contribution in [3.8, 4) is 11.5 Å². The van der Waals surface area contributed by atoms with Crippen LogP contribution in [0, 0.1) is 0 Å². The topological polar surface area (TPSA) is 38.7 Å². The standard InChI is InChI=1S/C21H36O3/c1-4-5-6-7-8-9-10-11-12-13-19(22)14-18-15-20(23-2)17-21(16-18)24-3/h15-17,19,22H,4-14H2,1-3H3. The SMILES string of the molecule is CCCCCCCCCCCC(O)Cc1cc(OC)cc(OC)c1. The maximum atomic E-state index is 10.2. The molecule has 1 aromatic rings. The van der Waals surface area contributed by atoms with Crippen molar-refractivity contribution in [2.45, 2.75) is 83.7 Å². The van der Waals surface area contributed by atoms with Crippen LogP contribution in [-0.2, 0) is 6.42 Å². The van der Waals surface area contributed by atoms with E-state index in [0.717, 1.165) is 29.9 Å². The molecule has 3 nitrogen and oxygen atoms in total. The number of benzene rings is 1. The number of unbranched alkanes of at least 4 members (excludes halogenated alkanes) is 8. The minimum Gasteiger partial charge on any atom is -0.497 e. The zero-order valence-electron chi connectivity index (χ0n) is 15.9. The molecule has 3 heteroatoms. The summed E-state index contributed by atoms with van der Waals surface area (Å²) in [6.45, 7) is 2.26. The van der Waals surface area contributed by atoms with E-state index in [-0.39, 0.29) is 6.10 Å². The van der Waals surface area contributed by atoms with Gasteiger partial charge in [-0.1, -0.05) is 64.7 Å². The molecule has 0 amide bonds. The van der Waals surface area contributed by atoms with Crippen LogP contribution in [0.2, 0.25) is 0 Å². The molecule has 0 fully saturated rings. The molecule has 1 aromatic carbocycles. The van der Waals surface area contributed by atoms with Gasteiger partial charge in [0.05, 0.1) is 20.3 Å². The molecule has 138 valence electrons. The van der Waals surface area contributed by atoms with E-state index in [4.69, 9.17) is 9.47 Å². The Hall–Kier alpha value is -1.22. The van der Waals surface area contributed by atoms with E-state index in [1.165, 1.54) is 51.4 Å². The second-order valence-electron chi connectivity index (χ2n) is 6.70. The zero-order valence-corrected chi connectivity index (χ0v) is 15.9. The Morgan fingerprint density at radius 2 is 1.29 bits per heavy atom. The summed E-state index contributed by atoms with van der Waals surface area (Å²) in [5.74, 6) is 1.55. The van der Waals surface area contributed by atoms with Gasteiger partial charge in [0.15, 0.2) is 0 Å². The smallest absolute Gasteiger partial charge is 0.122 e. The molecule has 0 saturated carbocycles. The zero-order chi connectivity index (χ0) is 17.6. The lowest BCUT2D eigenvalue weighted by Crippen LogP contribution is -2.10. The molecule has 24 heavy (non-hydrogen) atoms. The van der Waals surface area contributed by atoms with E-state index in [1.54, 1.807) is 14.2 Å². The van der Waals surface area contributed by atoms with Crippen molar-refractivity contribution < 1.29 is 14.6 Å². The summed E-state index contributed by atoms with van der Waals surface area (Å²) in [7, 11) is 3.30. The second kappa shape index (κ2) is 13.1. The molecule has 0 spiro atoms. The highest BCUT2D eigenvalue weighted by atomic mass is 16.5. The summed E-state index contributed by atoms with van der Waals surface area (Å²) >= 11 is 0. The molecule has 0 aromatic heterocycles. The number of aliphatic hydroxyl groups is 1. The molecule has 0 heterocycles. The highest BCUT2D eigenvalue weighted by Gasteiger charge is 2.08. The number of hydrogen-bond donors (Lipinski definition) is 1. The van der Waals surface area contributed by atoms with E-state index in [0.29, 0.717) is 6.42 Å². The first-order valence-electron chi connectivity index (χ1n) is 9.59. The monoisotopic (exact) mass is 336 g/mol. The quantitative estimate of drug-likeness (QED) is 0.454. The minimum absolute atomic E-state index is 0.286. The first kappa shape index (κ1) is 20.8. The Morgan fingerprint density at radius 1 is 0.792 bits per heavy atom. The third kappa shape index (κ3) is 9.17. The maximum absolute atomic E-state index is 10.2. The summed E-state index contributed by atoms with van der Waals surface area (Å²) in [6.07, 6.45) is 13.0. The van der Waals surface area contributed by atoms with Gasteiger partial charge in [-0.05, 0) is 30.5 Å². The van der Waals surface area contributed by atoms with Crippen molar-refractivity contribution in [3.05, 3.63) is 23.8 Å². The fraction of sp³-hybridized carbons (Fsp3) is 0.714. The van der Waals surface area contributed by atoms with Crippen LogP contribution in [0.4, 0.5) is 0 Å². The average Bonchev–Trinajstić information content (AvgIpc) is 2.59. The number of methoxy groups -OCH3 is 2. The largest absolute Gasteiger partial charge is 0.497 e. The molecule has 1 unspecified atom stereocenters. The summed E-state index contributed by atoms with van der Waals surface area (Å²) in [6, 6.07) is 5.81. The van der Waals surface area contributed by atoms with Crippen LogP contribution < -0.4 is 9.47 Å². The van der Waals surface area contributed by atoms with Crippen molar-refractivity contribution in [1.29, 1.82) is 0 Å². The fourth-order valence-corrected chi connectivity index (χ4v) is 3.05. The van der Waals surface area contributed by atoms with E-state index in [2.05, 4.69) is 6.92 Å². The van der Waals surface area contributed by atoms with Crippen molar-refractivity contribution >= 4 is 0 Å². The van der Waals surface area contributed by atoms with Crippen LogP contribution in [0.25, 0.3) is 0 Å². The number of ether oxygens (including phenoxy) is 2. The fourth-order valence-electron chi connectivity index (χ4n) is 3.05. The lowest BCUT2D eigenvalue weighted by atomic mass is 10.0. The number of hydrogen-bond acceptors (Lipinski definition) is 3. The van der Waals surface area contributed by atoms with Crippen LogP contribution >= 0.6 is 0 Å². The summed E-state index contributed by atoms with van der Waals surface area (Å²) in [4.78, 5) is 0. The van der Waals surface area contributed by atoms with Gasteiger partial charge in [0.25, 0.3) is 0 Å². The van der Waals surface area contributed by atoms with Gasteiger partial charge in [-0.15, -0.1) is 0 Å². The predicted molar refractivity (Wildman–Crippen MR) is 101 cm³/mol. The molecule has 0 aliphatic rings. The van der Waals surface area contributed by atoms with Crippen LogP contribution in [0.1, 0.15) is 76.7 Å². The van der Waals surface area contributed by atoms with Crippen molar-refractivity contribution in [2.75, 3.05) is 14.2 Å². The van der Waals surface area contributed by atoms with Crippen molar-refractivity contribution in [1.82, 2.24) is 0 Å². The summed E-state index contributed by atoms with van der Waals surface area (Å²) < 4.78 is 10.6. The molecule has 0 aliphatic carbocycles. The normalized spacial score (nSPS) is 12.2. The molecular formula is C21H36O3. The van der Waals surface area contributed by atoms with Gasteiger partial charge >= 0.3 is 0 Å². The molecular weight excluding hydrogens is 300 g/mol. The third-order valence-corrected chi connectivity index (χ3v) is 4.52. The van der Waals surface area contributed by atoms with Gasteiger partial charge in [0, 0.05) is 6.07 Å². The molecule has 1 N–H and O–H groups in total. The Labute approximate surface area is 148 Å². The highest BCUT2D eigenvalue weighted by Crippen LogP contribution is 2.24. The number of aliphatic hydroxyl groups excluding tert-OH is 1. The first-order valence-corrected chi connectivity index (χ1v) is 9.59. The second-order valence-corrected chi connectivity index (χ2v) is 6.70. The van der Waals surface area contributed by atoms with Gasteiger partial charge in [-0.25, -0.2) is 0 Å². The Morgan fingerprint density at radius 3 is 1.79 bits per heavy atom. The van der Waals surface area contributed by atoms with Gasteiger partial charge in [0.1, 0.15) is 11.5 Å². The van der Waals surface area contributed by atoms with E-state index in [1.807, 2.05) is 18.2 Å². The molecule has 1 rings (SSSR count). The third-order valence-electron chi connectivity index (χ3n) is 4.52. The minimum atomic E-state index is -0.286. The Bertz CT molecular complexity index is 409. The van der Waals surface area contributed by atoms with Crippen molar-refractivity contribution in [3.63, 3.8) is 0 Å². The molecule has 0 bridgehead atoms. The van der Waals surface area contributed by atoms with Crippen molar-refractivity contribution in [2.24, 2.45) is 0 Å². The van der Waals surface area contributed by atoms with Gasteiger partial charge < -0.3 is 14.6 Å². The van der Waals surface area contributed by atoms with Crippen LogP contribution in [0.3, 0.4) is 0 Å². The Balaban J connectivity index is 2.16. The lowest BCUT2D eigenvalue weighted by Gasteiger charge is -2.13. The van der Waals surface area contributed by atoms with E-state index >= 15 is 0 Å². The Kier molecular flexibility index (Phi) is 11.4. The van der Waals surface area contributed by atoms with Gasteiger partial charge in [-0.2, -0.15) is 0 Å². The first-order chi connectivity index (χ1) is 11.7. The molecule has 0 radical (unpaired) electrons. The summed E-state index contributed by atoms with van der Waals surface area (Å²) in [5, 5.41) is 10.2. The predicted octanol–water partition coefficient (Wildman–Crippen LogP) is 5.53. The highest BCUT2D eigenvalue weighted by molar-refractivity contribution is 5.38. The van der Waals surface area contributed by atoms with E-state index in [9.17, 15) is 5.11 Å². The molecule has 1 atom stereocenters. The summed E-state index contributed by atoms with van der Waals surface area (Å²) in [5.41, 5.74) is 1.06. The molecule has 0 saturated heterocycles. The van der Waals surface area contributed by atoms with Crippen LogP contribution in [0.5, 0.6) is 11.5 Å². The van der Waals surface area contributed by atoms with E-state index < -0.39 is 0 Å². The van der Waals surface area contributed by atoms with Gasteiger partial charge in [-0.3, -0.25) is 0 Å². The maximum Gasteiger partial charge on any atom is 0.122 e.